The molecule has 0 unspecified atom stereocenters. The molecule has 3 aromatic rings. The highest BCUT2D eigenvalue weighted by Crippen LogP contribution is 2.30. The Morgan fingerprint density at radius 2 is 1.50 bits per heavy atom. The highest BCUT2D eigenvalue weighted by Gasteiger charge is 2.20. The molecule has 0 spiro atoms. The number of likely N-dealkylation sites (N-methyl/N-ethyl adjacent to an activating group) is 1. The van der Waals surface area contributed by atoms with Crippen LogP contribution in [0.15, 0.2) is 72.8 Å². The Morgan fingerprint density at radius 3 is 2.23 bits per heavy atom. The van der Waals surface area contributed by atoms with Gasteiger partial charge in [-0.1, -0.05) is 72.8 Å². The summed E-state index contributed by atoms with van der Waals surface area (Å²) in [6.45, 7) is 0.856. The van der Waals surface area contributed by atoms with E-state index in [-0.39, 0.29) is 12.0 Å². The van der Waals surface area contributed by atoms with E-state index in [0.29, 0.717) is 0 Å². The minimum atomic E-state index is -0.0187. The van der Waals surface area contributed by atoms with Crippen molar-refractivity contribution in [3.8, 4) is 0 Å². The Bertz CT molecular complexity index is 737. The molecule has 0 radical (unpaired) electrons. The normalized spacial score (nSPS) is 13.9. The Labute approximate surface area is 132 Å². The van der Waals surface area contributed by atoms with Gasteiger partial charge in [0, 0.05) is 18.5 Å². The second kappa shape index (κ2) is 6.73. The zero-order valence-electron chi connectivity index (χ0n) is 12.9. The third-order valence-corrected chi connectivity index (χ3v) is 4.24. The predicted molar refractivity (Wildman–Crippen MR) is 94.0 cm³/mol. The van der Waals surface area contributed by atoms with Gasteiger partial charge in [-0.05, 0) is 28.9 Å². The lowest BCUT2D eigenvalue weighted by molar-refractivity contribution is 0.527. The van der Waals surface area contributed by atoms with Crippen LogP contribution in [0.2, 0.25) is 0 Å². The van der Waals surface area contributed by atoms with Gasteiger partial charge in [-0.3, -0.25) is 0 Å². The van der Waals surface area contributed by atoms with Crippen molar-refractivity contribution < 1.29 is 0 Å². The molecule has 2 atom stereocenters. The van der Waals surface area contributed by atoms with E-state index in [1.807, 2.05) is 25.2 Å². The minimum Gasteiger partial charge on any atom is -0.323 e. The van der Waals surface area contributed by atoms with Crippen molar-refractivity contribution in [2.75, 3.05) is 13.6 Å². The first-order valence-corrected chi connectivity index (χ1v) is 7.73. The highest BCUT2D eigenvalue weighted by molar-refractivity contribution is 5.83. The molecule has 0 aliphatic heterocycles. The Morgan fingerprint density at radius 1 is 0.818 bits per heavy atom. The summed E-state index contributed by atoms with van der Waals surface area (Å²) in [6.07, 6.45) is 0. The smallest absolute Gasteiger partial charge is 0.0376 e. The van der Waals surface area contributed by atoms with Gasteiger partial charge in [0.25, 0.3) is 0 Å². The van der Waals surface area contributed by atoms with Crippen LogP contribution in [-0.2, 0) is 0 Å². The minimum absolute atomic E-state index is 0.0187. The van der Waals surface area contributed by atoms with Crippen LogP contribution in [-0.4, -0.2) is 13.6 Å². The number of nitrogens with one attached hydrogen (secondary N) is 1. The van der Waals surface area contributed by atoms with Crippen LogP contribution in [0.1, 0.15) is 23.1 Å². The van der Waals surface area contributed by atoms with E-state index in [4.69, 9.17) is 5.73 Å². The van der Waals surface area contributed by atoms with E-state index in [9.17, 15) is 0 Å². The quantitative estimate of drug-likeness (QED) is 0.749. The molecule has 0 aliphatic rings. The fraction of sp³-hybridized carbons (Fsp3) is 0.200. The van der Waals surface area contributed by atoms with E-state index in [1.165, 1.54) is 21.9 Å². The molecule has 2 nitrogen and oxygen atoms in total. The summed E-state index contributed by atoms with van der Waals surface area (Å²) in [5.74, 6) is 0.247. The van der Waals surface area contributed by atoms with E-state index in [2.05, 4.69) is 59.9 Å². The number of benzene rings is 3. The number of hydrogen-bond donors (Lipinski definition) is 2. The standard InChI is InChI=1S/C20H22N2/c1-22-14-19(20(21)16-8-3-2-4-9-16)18-12-11-15-7-5-6-10-17(15)13-18/h2-13,19-20,22H,14,21H2,1H3/t19-,20+/m1/s1. The van der Waals surface area contributed by atoms with Crippen LogP contribution in [0.3, 0.4) is 0 Å². The first kappa shape index (κ1) is 14.8. The molecule has 0 heterocycles. The van der Waals surface area contributed by atoms with Gasteiger partial charge < -0.3 is 11.1 Å². The van der Waals surface area contributed by atoms with Crippen molar-refractivity contribution in [3.05, 3.63) is 83.9 Å². The molecule has 0 aliphatic carbocycles. The average molecular weight is 290 g/mol. The van der Waals surface area contributed by atoms with Crippen LogP contribution in [0.4, 0.5) is 0 Å². The predicted octanol–water partition coefficient (Wildman–Crippen LogP) is 3.84. The second-order valence-electron chi connectivity index (χ2n) is 5.71. The van der Waals surface area contributed by atoms with E-state index in [0.717, 1.165) is 6.54 Å². The molecule has 2 heteroatoms. The number of fused-ring (bicyclic) bond motifs is 1. The topological polar surface area (TPSA) is 38.0 Å². The molecule has 112 valence electrons. The lowest BCUT2D eigenvalue weighted by atomic mass is 9.86. The lowest BCUT2D eigenvalue weighted by Gasteiger charge is -2.25. The maximum absolute atomic E-state index is 6.56. The summed E-state index contributed by atoms with van der Waals surface area (Å²) < 4.78 is 0. The second-order valence-corrected chi connectivity index (χ2v) is 5.71. The van der Waals surface area contributed by atoms with Crippen LogP contribution >= 0.6 is 0 Å². The van der Waals surface area contributed by atoms with Gasteiger partial charge in [0.2, 0.25) is 0 Å². The average Bonchev–Trinajstić information content (AvgIpc) is 2.59. The van der Waals surface area contributed by atoms with Crippen LogP contribution in [0.25, 0.3) is 10.8 Å². The SMILES string of the molecule is CNC[C@H](c1ccc2ccccc2c1)[C@@H](N)c1ccccc1. The van der Waals surface area contributed by atoms with E-state index < -0.39 is 0 Å². The summed E-state index contributed by atoms with van der Waals surface area (Å²) in [4.78, 5) is 0. The van der Waals surface area contributed by atoms with Crippen molar-refractivity contribution in [1.82, 2.24) is 5.32 Å². The molecule has 0 aromatic heterocycles. The van der Waals surface area contributed by atoms with E-state index in [1.54, 1.807) is 0 Å². The third kappa shape index (κ3) is 3.03. The molecule has 0 bridgehead atoms. The molecule has 3 rings (SSSR count). The summed E-state index contributed by atoms with van der Waals surface area (Å²) in [5.41, 5.74) is 9.02. The Balaban J connectivity index is 1.98. The van der Waals surface area contributed by atoms with E-state index >= 15 is 0 Å². The van der Waals surface area contributed by atoms with Crippen LogP contribution in [0, 0.1) is 0 Å². The molecular weight excluding hydrogens is 268 g/mol. The maximum Gasteiger partial charge on any atom is 0.0376 e. The van der Waals surface area contributed by atoms with Gasteiger partial charge in [0.15, 0.2) is 0 Å². The molecular formula is C20H22N2. The third-order valence-electron chi connectivity index (χ3n) is 4.24. The summed E-state index contributed by atoms with van der Waals surface area (Å²) >= 11 is 0. The Kier molecular flexibility index (Phi) is 4.52. The van der Waals surface area contributed by atoms with Crippen molar-refractivity contribution in [2.24, 2.45) is 5.73 Å². The molecule has 0 fully saturated rings. The number of nitrogens with two attached hydrogens (primary N) is 1. The van der Waals surface area contributed by atoms with Crippen molar-refractivity contribution >= 4 is 10.8 Å². The zero-order chi connectivity index (χ0) is 15.4. The summed E-state index contributed by atoms with van der Waals surface area (Å²) in [6, 6.07) is 25.4. The zero-order valence-corrected chi connectivity index (χ0v) is 12.9. The highest BCUT2D eigenvalue weighted by atomic mass is 14.8. The lowest BCUT2D eigenvalue weighted by Crippen LogP contribution is -2.28. The Hall–Kier alpha value is -2.16. The molecule has 3 aromatic carbocycles. The van der Waals surface area contributed by atoms with Gasteiger partial charge >= 0.3 is 0 Å². The van der Waals surface area contributed by atoms with Crippen molar-refractivity contribution in [2.45, 2.75) is 12.0 Å². The van der Waals surface area contributed by atoms with Gasteiger partial charge in [-0.2, -0.15) is 0 Å². The largest absolute Gasteiger partial charge is 0.323 e. The summed E-state index contributed by atoms with van der Waals surface area (Å²) in [7, 11) is 1.98. The molecule has 0 saturated carbocycles. The molecule has 0 amide bonds. The first-order chi connectivity index (χ1) is 10.8. The molecule has 22 heavy (non-hydrogen) atoms. The van der Waals surface area contributed by atoms with Gasteiger partial charge in [0.1, 0.15) is 0 Å². The number of hydrogen-bond acceptors (Lipinski definition) is 2. The maximum atomic E-state index is 6.56. The van der Waals surface area contributed by atoms with Gasteiger partial charge in [0.05, 0.1) is 0 Å². The molecule has 0 saturated heterocycles. The first-order valence-electron chi connectivity index (χ1n) is 7.73. The monoisotopic (exact) mass is 290 g/mol. The fourth-order valence-electron chi connectivity index (χ4n) is 3.02. The number of rotatable bonds is 5. The van der Waals surface area contributed by atoms with Crippen molar-refractivity contribution in [1.29, 1.82) is 0 Å². The van der Waals surface area contributed by atoms with Gasteiger partial charge in [-0.25, -0.2) is 0 Å². The molecule has 3 N–H and O–H groups in total. The van der Waals surface area contributed by atoms with Gasteiger partial charge in [-0.15, -0.1) is 0 Å². The van der Waals surface area contributed by atoms with Crippen LogP contribution < -0.4 is 11.1 Å². The summed E-state index contributed by atoms with van der Waals surface area (Å²) in [5, 5.41) is 5.82. The fourth-order valence-corrected chi connectivity index (χ4v) is 3.02. The van der Waals surface area contributed by atoms with Crippen LogP contribution in [0.5, 0.6) is 0 Å². The van der Waals surface area contributed by atoms with Crippen molar-refractivity contribution in [3.63, 3.8) is 0 Å².